The molecular weight excluding hydrogens is 244 g/mol. The van der Waals surface area contributed by atoms with Crippen molar-refractivity contribution >= 4 is 11.6 Å². The lowest BCUT2D eigenvalue weighted by Crippen LogP contribution is -2.46. The van der Waals surface area contributed by atoms with E-state index in [0.29, 0.717) is 36.8 Å². The lowest BCUT2D eigenvalue weighted by Gasteiger charge is -2.23. The highest BCUT2D eigenvalue weighted by Crippen LogP contribution is 2.22. The minimum atomic E-state index is -0.298. The van der Waals surface area contributed by atoms with Gasteiger partial charge in [-0.25, -0.2) is 0 Å². The first-order chi connectivity index (χ1) is 9.02. The number of amides is 1. The molecule has 1 fully saturated rings. The SMILES string of the molecule is CCOc1cc(N)cc(C(=O)NC2(C)CCOC2)c1. The molecular formula is C14H20N2O3. The van der Waals surface area contributed by atoms with Gasteiger partial charge in [0, 0.05) is 23.9 Å². The van der Waals surface area contributed by atoms with Crippen LogP contribution < -0.4 is 15.8 Å². The van der Waals surface area contributed by atoms with Crippen LogP contribution in [0.15, 0.2) is 18.2 Å². The number of nitrogens with one attached hydrogen (secondary N) is 1. The van der Waals surface area contributed by atoms with Gasteiger partial charge >= 0.3 is 0 Å². The average molecular weight is 264 g/mol. The van der Waals surface area contributed by atoms with E-state index in [4.69, 9.17) is 15.2 Å². The molecule has 1 aliphatic rings. The van der Waals surface area contributed by atoms with Gasteiger partial charge in [-0.2, -0.15) is 0 Å². The summed E-state index contributed by atoms with van der Waals surface area (Å²) in [5.74, 6) is 0.460. The first-order valence-corrected chi connectivity index (χ1v) is 6.46. The highest BCUT2D eigenvalue weighted by Gasteiger charge is 2.31. The zero-order valence-electron chi connectivity index (χ0n) is 11.4. The summed E-state index contributed by atoms with van der Waals surface area (Å²) in [5.41, 5.74) is 6.51. The van der Waals surface area contributed by atoms with Gasteiger partial charge in [0.05, 0.1) is 18.8 Å². The minimum Gasteiger partial charge on any atom is -0.494 e. The van der Waals surface area contributed by atoms with Crippen molar-refractivity contribution in [3.05, 3.63) is 23.8 Å². The number of ether oxygens (including phenoxy) is 2. The van der Waals surface area contributed by atoms with E-state index in [1.807, 2.05) is 13.8 Å². The number of nitrogen functional groups attached to an aromatic ring is 1. The zero-order chi connectivity index (χ0) is 13.9. The maximum Gasteiger partial charge on any atom is 0.251 e. The molecule has 5 nitrogen and oxygen atoms in total. The summed E-state index contributed by atoms with van der Waals surface area (Å²) in [5, 5.41) is 2.99. The number of carbonyl (C=O) groups excluding carboxylic acids is 1. The van der Waals surface area contributed by atoms with Crippen LogP contribution in [0.25, 0.3) is 0 Å². The van der Waals surface area contributed by atoms with Crippen molar-refractivity contribution in [2.75, 3.05) is 25.6 Å². The van der Waals surface area contributed by atoms with Gasteiger partial charge in [-0.05, 0) is 32.4 Å². The van der Waals surface area contributed by atoms with Crippen LogP contribution in [0.2, 0.25) is 0 Å². The molecule has 0 spiro atoms. The van der Waals surface area contributed by atoms with Crippen molar-refractivity contribution in [2.24, 2.45) is 0 Å². The molecule has 1 amide bonds. The van der Waals surface area contributed by atoms with Crippen molar-refractivity contribution in [3.63, 3.8) is 0 Å². The predicted molar refractivity (Wildman–Crippen MR) is 73.3 cm³/mol. The maximum atomic E-state index is 12.2. The van der Waals surface area contributed by atoms with Crippen molar-refractivity contribution in [1.82, 2.24) is 5.32 Å². The molecule has 1 aromatic rings. The topological polar surface area (TPSA) is 73.6 Å². The molecule has 1 atom stereocenters. The fourth-order valence-electron chi connectivity index (χ4n) is 2.12. The van der Waals surface area contributed by atoms with E-state index in [2.05, 4.69) is 5.32 Å². The first kappa shape index (κ1) is 13.7. The van der Waals surface area contributed by atoms with E-state index < -0.39 is 0 Å². The van der Waals surface area contributed by atoms with Crippen molar-refractivity contribution in [2.45, 2.75) is 25.8 Å². The average Bonchev–Trinajstić information content (AvgIpc) is 2.75. The third-order valence-electron chi connectivity index (χ3n) is 3.14. The van der Waals surface area contributed by atoms with Gasteiger partial charge < -0.3 is 20.5 Å². The molecule has 0 aromatic heterocycles. The lowest BCUT2D eigenvalue weighted by molar-refractivity contribution is 0.0889. The summed E-state index contributed by atoms with van der Waals surface area (Å²) in [7, 11) is 0. The van der Waals surface area contributed by atoms with Crippen molar-refractivity contribution in [1.29, 1.82) is 0 Å². The second kappa shape index (κ2) is 5.48. The summed E-state index contributed by atoms with van der Waals surface area (Å²) in [6.07, 6.45) is 0.819. The van der Waals surface area contributed by atoms with Crippen LogP contribution in [0.5, 0.6) is 5.75 Å². The van der Waals surface area contributed by atoms with Crippen LogP contribution >= 0.6 is 0 Å². The largest absolute Gasteiger partial charge is 0.494 e. The Labute approximate surface area is 113 Å². The third kappa shape index (κ3) is 3.38. The van der Waals surface area contributed by atoms with E-state index in [-0.39, 0.29) is 11.4 Å². The Balaban J connectivity index is 2.14. The van der Waals surface area contributed by atoms with Crippen molar-refractivity contribution in [3.8, 4) is 5.75 Å². The number of nitrogens with two attached hydrogens (primary N) is 1. The molecule has 1 saturated heterocycles. The van der Waals surface area contributed by atoms with Crippen LogP contribution in [0.1, 0.15) is 30.6 Å². The van der Waals surface area contributed by atoms with E-state index in [1.54, 1.807) is 18.2 Å². The van der Waals surface area contributed by atoms with E-state index in [9.17, 15) is 4.79 Å². The van der Waals surface area contributed by atoms with E-state index >= 15 is 0 Å². The van der Waals surface area contributed by atoms with Crippen LogP contribution in [-0.2, 0) is 4.74 Å². The number of anilines is 1. The Bertz CT molecular complexity index is 468. The quantitative estimate of drug-likeness (QED) is 0.810. The minimum absolute atomic E-state index is 0.152. The maximum absolute atomic E-state index is 12.2. The molecule has 0 bridgehead atoms. The monoisotopic (exact) mass is 264 g/mol. The molecule has 104 valence electrons. The number of hydrogen-bond donors (Lipinski definition) is 2. The molecule has 0 aliphatic carbocycles. The van der Waals surface area contributed by atoms with E-state index in [1.165, 1.54) is 0 Å². The summed E-state index contributed by atoms with van der Waals surface area (Å²) >= 11 is 0. The van der Waals surface area contributed by atoms with Crippen LogP contribution in [-0.4, -0.2) is 31.3 Å². The Morgan fingerprint density at radius 3 is 2.95 bits per heavy atom. The van der Waals surface area contributed by atoms with Crippen LogP contribution in [0.3, 0.4) is 0 Å². The second-order valence-electron chi connectivity index (χ2n) is 5.04. The fraction of sp³-hybridized carbons (Fsp3) is 0.500. The standard InChI is InChI=1S/C14H20N2O3/c1-3-19-12-7-10(6-11(15)8-12)13(17)16-14(2)4-5-18-9-14/h6-8H,3-5,9,15H2,1-2H3,(H,16,17). The molecule has 1 aromatic carbocycles. The first-order valence-electron chi connectivity index (χ1n) is 6.46. The van der Waals surface area contributed by atoms with Crippen LogP contribution in [0, 0.1) is 0 Å². The lowest BCUT2D eigenvalue weighted by atomic mass is 10.0. The molecule has 3 N–H and O–H groups in total. The van der Waals surface area contributed by atoms with Gasteiger partial charge in [0.25, 0.3) is 5.91 Å². The number of hydrogen-bond acceptors (Lipinski definition) is 4. The smallest absolute Gasteiger partial charge is 0.251 e. The highest BCUT2D eigenvalue weighted by molar-refractivity contribution is 5.96. The van der Waals surface area contributed by atoms with Gasteiger partial charge in [0.2, 0.25) is 0 Å². The molecule has 0 saturated carbocycles. The molecule has 2 rings (SSSR count). The van der Waals surface area contributed by atoms with Gasteiger partial charge in [0.15, 0.2) is 0 Å². The molecule has 1 heterocycles. The summed E-state index contributed by atoms with van der Waals surface area (Å²) < 4.78 is 10.7. The zero-order valence-corrected chi connectivity index (χ0v) is 11.4. The van der Waals surface area contributed by atoms with Gasteiger partial charge in [-0.3, -0.25) is 4.79 Å². The van der Waals surface area contributed by atoms with Crippen LogP contribution in [0.4, 0.5) is 5.69 Å². The van der Waals surface area contributed by atoms with E-state index in [0.717, 1.165) is 6.42 Å². The molecule has 19 heavy (non-hydrogen) atoms. The number of benzene rings is 1. The Kier molecular flexibility index (Phi) is 3.95. The second-order valence-corrected chi connectivity index (χ2v) is 5.04. The van der Waals surface area contributed by atoms with Gasteiger partial charge in [-0.1, -0.05) is 0 Å². The van der Waals surface area contributed by atoms with Crippen molar-refractivity contribution < 1.29 is 14.3 Å². The third-order valence-corrected chi connectivity index (χ3v) is 3.14. The number of rotatable bonds is 4. The molecule has 5 heteroatoms. The molecule has 1 unspecified atom stereocenters. The number of carbonyl (C=O) groups is 1. The fourth-order valence-corrected chi connectivity index (χ4v) is 2.12. The van der Waals surface area contributed by atoms with Gasteiger partial charge in [0.1, 0.15) is 5.75 Å². The Morgan fingerprint density at radius 2 is 2.32 bits per heavy atom. The summed E-state index contributed by atoms with van der Waals surface area (Å²) in [6, 6.07) is 5.06. The Morgan fingerprint density at radius 1 is 1.53 bits per heavy atom. The normalized spacial score (nSPS) is 22.2. The Hall–Kier alpha value is -1.75. The highest BCUT2D eigenvalue weighted by atomic mass is 16.5. The predicted octanol–water partition coefficient (Wildman–Crippen LogP) is 1.58. The molecule has 0 radical (unpaired) electrons. The van der Waals surface area contributed by atoms with Gasteiger partial charge in [-0.15, -0.1) is 0 Å². The molecule has 1 aliphatic heterocycles. The summed E-state index contributed by atoms with van der Waals surface area (Å²) in [6.45, 7) is 5.63. The summed E-state index contributed by atoms with van der Waals surface area (Å²) in [4.78, 5) is 12.2.